The van der Waals surface area contributed by atoms with Crippen LogP contribution in [0.25, 0.3) is 0 Å². The molecular formula is C17H27N3O3S. The standard InChI is InChI=1S/C17H27N3O3S/c1-24(22,23)20(16-6-4-2-3-5-7-16)13-10-17(21)19-14-15-8-11-18-12-9-15/h8-9,11-12,16H,2-7,10,13-14H2,1H3,(H,19,21). The van der Waals surface area contributed by atoms with Gasteiger partial charge < -0.3 is 5.32 Å². The van der Waals surface area contributed by atoms with E-state index >= 15 is 0 Å². The summed E-state index contributed by atoms with van der Waals surface area (Å²) >= 11 is 0. The zero-order chi connectivity index (χ0) is 17.4. The Morgan fingerprint density at radius 2 is 1.83 bits per heavy atom. The van der Waals surface area contributed by atoms with Crippen molar-refractivity contribution in [1.29, 1.82) is 0 Å². The minimum Gasteiger partial charge on any atom is -0.352 e. The van der Waals surface area contributed by atoms with Crippen molar-refractivity contribution in [3.05, 3.63) is 30.1 Å². The molecule has 1 heterocycles. The third kappa shape index (κ3) is 6.20. The summed E-state index contributed by atoms with van der Waals surface area (Å²) in [6, 6.07) is 3.72. The average Bonchev–Trinajstić information content (AvgIpc) is 2.82. The number of hydrogen-bond acceptors (Lipinski definition) is 4. The molecule has 1 saturated carbocycles. The van der Waals surface area contributed by atoms with Crippen molar-refractivity contribution in [3.8, 4) is 0 Å². The number of rotatable bonds is 7. The van der Waals surface area contributed by atoms with Gasteiger partial charge in [0.2, 0.25) is 15.9 Å². The fourth-order valence-electron chi connectivity index (χ4n) is 3.17. The molecular weight excluding hydrogens is 326 g/mol. The Hall–Kier alpha value is -1.47. The molecule has 7 heteroatoms. The Bertz CT molecular complexity index is 611. The van der Waals surface area contributed by atoms with Crippen LogP contribution >= 0.6 is 0 Å². The van der Waals surface area contributed by atoms with Crippen LogP contribution in [0.4, 0.5) is 0 Å². The number of carbonyl (C=O) groups is 1. The minimum absolute atomic E-state index is 0.0375. The lowest BCUT2D eigenvalue weighted by Crippen LogP contribution is -2.41. The summed E-state index contributed by atoms with van der Waals surface area (Å²) in [6.07, 6.45) is 11.0. The normalized spacial score (nSPS) is 16.8. The summed E-state index contributed by atoms with van der Waals surface area (Å²) in [7, 11) is -3.30. The zero-order valence-corrected chi connectivity index (χ0v) is 15.1. The second kappa shape index (κ2) is 9.13. The first kappa shape index (κ1) is 18.9. The Morgan fingerprint density at radius 3 is 2.42 bits per heavy atom. The number of aromatic nitrogens is 1. The van der Waals surface area contributed by atoms with E-state index in [0.717, 1.165) is 31.2 Å². The van der Waals surface area contributed by atoms with Gasteiger partial charge in [-0.2, -0.15) is 4.31 Å². The van der Waals surface area contributed by atoms with E-state index in [9.17, 15) is 13.2 Å². The van der Waals surface area contributed by atoms with Crippen molar-refractivity contribution >= 4 is 15.9 Å². The number of pyridine rings is 1. The smallest absolute Gasteiger partial charge is 0.221 e. The number of hydrogen-bond donors (Lipinski definition) is 1. The summed E-state index contributed by atoms with van der Waals surface area (Å²) in [5.74, 6) is -0.130. The molecule has 0 spiro atoms. The van der Waals surface area contributed by atoms with E-state index in [-0.39, 0.29) is 24.9 Å². The molecule has 0 atom stereocenters. The molecule has 2 rings (SSSR count). The maximum Gasteiger partial charge on any atom is 0.221 e. The first-order valence-corrected chi connectivity index (χ1v) is 10.4. The predicted molar refractivity (Wildman–Crippen MR) is 93.7 cm³/mol. The number of nitrogens with one attached hydrogen (secondary N) is 1. The maximum atomic E-state index is 12.1. The molecule has 0 aliphatic heterocycles. The number of carbonyl (C=O) groups excluding carboxylic acids is 1. The maximum absolute atomic E-state index is 12.1. The van der Waals surface area contributed by atoms with E-state index in [2.05, 4.69) is 10.3 Å². The van der Waals surface area contributed by atoms with Crippen molar-refractivity contribution in [2.75, 3.05) is 12.8 Å². The number of nitrogens with zero attached hydrogens (tertiary/aromatic N) is 2. The average molecular weight is 353 g/mol. The molecule has 0 aromatic carbocycles. The van der Waals surface area contributed by atoms with Crippen LogP contribution in [-0.4, -0.2) is 42.5 Å². The highest BCUT2D eigenvalue weighted by Crippen LogP contribution is 2.23. The summed E-state index contributed by atoms with van der Waals surface area (Å²) in [5, 5.41) is 2.83. The lowest BCUT2D eigenvalue weighted by atomic mass is 10.1. The van der Waals surface area contributed by atoms with Crippen molar-refractivity contribution in [3.63, 3.8) is 0 Å². The third-order valence-electron chi connectivity index (χ3n) is 4.46. The van der Waals surface area contributed by atoms with E-state index in [1.54, 1.807) is 12.4 Å². The van der Waals surface area contributed by atoms with Gasteiger partial charge in [0.05, 0.1) is 6.26 Å². The number of sulfonamides is 1. The molecule has 1 amide bonds. The summed E-state index contributed by atoms with van der Waals surface area (Å²) in [4.78, 5) is 16.0. The largest absolute Gasteiger partial charge is 0.352 e. The highest BCUT2D eigenvalue weighted by molar-refractivity contribution is 7.88. The van der Waals surface area contributed by atoms with Crippen LogP contribution in [0.1, 0.15) is 50.5 Å². The van der Waals surface area contributed by atoms with Crippen LogP contribution in [0.15, 0.2) is 24.5 Å². The van der Waals surface area contributed by atoms with Gasteiger partial charge in [-0.05, 0) is 30.5 Å². The monoisotopic (exact) mass is 353 g/mol. The quantitative estimate of drug-likeness (QED) is 0.761. The van der Waals surface area contributed by atoms with Crippen molar-refractivity contribution in [2.45, 2.75) is 57.5 Å². The van der Waals surface area contributed by atoms with Gasteiger partial charge in [-0.3, -0.25) is 9.78 Å². The fourth-order valence-corrected chi connectivity index (χ4v) is 4.34. The molecule has 1 aromatic heterocycles. The second-order valence-electron chi connectivity index (χ2n) is 6.40. The molecule has 1 aromatic rings. The Balaban J connectivity index is 1.86. The first-order valence-electron chi connectivity index (χ1n) is 8.59. The van der Waals surface area contributed by atoms with Crippen LogP contribution in [-0.2, 0) is 21.4 Å². The summed E-state index contributed by atoms with van der Waals surface area (Å²) in [6.45, 7) is 0.690. The van der Waals surface area contributed by atoms with Crippen LogP contribution in [0, 0.1) is 0 Å². The summed E-state index contributed by atoms with van der Waals surface area (Å²) in [5.41, 5.74) is 0.974. The first-order chi connectivity index (χ1) is 11.5. The minimum atomic E-state index is -3.30. The lowest BCUT2D eigenvalue weighted by Gasteiger charge is -2.28. The highest BCUT2D eigenvalue weighted by Gasteiger charge is 2.27. The van der Waals surface area contributed by atoms with Crippen LogP contribution in [0.5, 0.6) is 0 Å². The molecule has 1 fully saturated rings. The van der Waals surface area contributed by atoms with E-state index in [4.69, 9.17) is 0 Å². The highest BCUT2D eigenvalue weighted by atomic mass is 32.2. The van der Waals surface area contributed by atoms with Gasteiger partial charge in [-0.15, -0.1) is 0 Å². The molecule has 1 aliphatic carbocycles. The van der Waals surface area contributed by atoms with Gasteiger partial charge >= 0.3 is 0 Å². The number of amides is 1. The van der Waals surface area contributed by atoms with Crippen LogP contribution in [0.3, 0.4) is 0 Å². The molecule has 0 unspecified atom stereocenters. The van der Waals surface area contributed by atoms with Crippen molar-refractivity contribution in [2.24, 2.45) is 0 Å². The molecule has 134 valence electrons. The van der Waals surface area contributed by atoms with E-state index < -0.39 is 10.0 Å². The van der Waals surface area contributed by atoms with Gasteiger partial charge in [-0.1, -0.05) is 25.7 Å². The van der Waals surface area contributed by atoms with Gasteiger partial charge in [0.1, 0.15) is 0 Å². The van der Waals surface area contributed by atoms with Gasteiger partial charge in [0.15, 0.2) is 0 Å². The molecule has 24 heavy (non-hydrogen) atoms. The van der Waals surface area contributed by atoms with E-state index in [1.165, 1.54) is 23.4 Å². The van der Waals surface area contributed by atoms with E-state index in [0.29, 0.717) is 6.54 Å². The summed E-state index contributed by atoms with van der Waals surface area (Å²) < 4.78 is 25.8. The van der Waals surface area contributed by atoms with Crippen molar-refractivity contribution in [1.82, 2.24) is 14.6 Å². The second-order valence-corrected chi connectivity index (χ2v) is 8.34. The van der Waals surface area contributed by atoms with Gasteiger partial charge in [0.25, 0.3) is 0 Å². The molecule has 1 aliphatic rings. The fraction of sp³-hybridized carbons (Fsp3) is 0.647. The Labute approximate surface area is 144 Å². The predicted octanol–water partition coefficient (Wildman–Crippen LogP) is 2.07. The van der Waals surface area contributed by atoms with Crippen LogP contribution < -0.4 is 5.32 Å². The zero-order valence-electron chi connectivity index (χ0n) is 14.3. The molecule has 0 saturated heterocycles. The third-order valence-corrected chi connectivity index (χ3v) is 5.79. The molecule has 0 bridgehead atoms. The van der Waals surface area contributed by atoms with Gasteiger partial charge in [0, 0.05) is 37.9 Å². The van der Waals surface area contributed by atoms with Crippen molar-refractivity contribution < 1.29 is 13.2 Å². The lowest BCUT2D eigenvalue weighted by molar-refractivity contribution is -0.121. The Morgan fingerprint density at radius 1 is 1.21 bits per heavy atom. The Kier molecular flexibility index (Phi) is 7.17. The van der Waals surface area contributed by atoms with Crippen LogP contribution in [0.2, 0.25) is 0 Å². The van der Waals surface area contributed by atoms with E-state index in [1.807, 2.05) is 12.1 Å². The molecule has 1 N–H and O–H groups in total. The van der Waals surface area contributed by atoms with Gasteiger partial charge in [-0.25, -0.2) is 8.42 Å². The SMILES string of the molecule is CS(=O)(=O)N(CCC(=O)NCc1ccncc1)C1CCCCCC1. The molecule has 0 radical (unpaired) electrons. The molecule has 6 nitrogen and oxygen atoms in total. The topological polar surface area (TPSA) is 79.4 Å².